The fourth-order valence-electron chi connectivity index (χ4n) is 2.02. The van der Waals surface area contributed by atoms with Crippen molar-refractivity contribution in [3.8, 4) is 5.75 Å². The van der Waals surface area contributed by atoms with Crippen molar-refractivity contribution in [2.75, 3.05) is 5.32 Å². The summed E-state index contributed by atoms with van der Waals surface area (Å²) in [6, 6.07) is 7.39. The quantitative estimate of drug-likeness (QED) is 0.545. The van der Waals surface area contributed by atoms with Gasteiger partial charge in [0.1, 0.15) is 11.3 Å². The van der Waals surface area contributed by atoms with Gasteiger partial charge in [0, 0.05) is 17.3 Å². The lowest BCUT2D eigenvalue weighted by atomic mass is 10.1. The van der Waals surface area contributed by atoms with Crippen molar-refractivity contribution in [2.45, 2.75) is 0 Å². The molecule has 0 spiro atoms. The number of nitrogens with one attached hydrogen (secondary N) is 1. The Bertz CT molecular complexity index is 985. The monoisotopic (exact) mass is 350 g/mol. The van der Waals surface area contributed by atoms with E-state index in [0.29, 0.717) is 5.02 Å². The molecule has 0 aliphatic rings. The molecule has 0 unspecified atom stereocenters. The number of nitrogens with zero attached hydrogens (tertiary/aromatic N) is 1. The minimum absolute atomic E-state index is 0.0531. The summed E-state index contributed by atoms with van der Waals surface area (Å²) in [5.41, 5.74) is -1.24. The molecule has 1 amide bonds. The van der Waals surface area contributed by atoms with Crippen molar-refractivity contribution in [2.24, 2.45) is 0 Å². The summed E-state index contributed by atoms with van der Waals surface area (Å²) in [5, 5.41) is 13.2. The van der Waals surface area contributed by atoms with Crippen molar-refractivity contribution in [3.63, 3.8) is 0 Å². The van der Waals surface area contributed by atoms with Crippen LogP contribution in [0.2, 0.25) is 10.2 Å². The number of anilines is 1. The van der Waals surface area contributed by atoms with Crippen LogP contribution in [0.4, 0.5) is 5.69 Å². The highest BCUT2D eigenvalue weighted by atomic mass is 35.5. The molecule has 0 bridgehead atoms. The van der Waals surface area contributed by atoms with Gasteiger partial charge in [-0.3, -0.25) is 4.79 Å². The summed E-state index contributed by atoms with van der Waals surface area (Å²) in [5.74, 6) is -1.35. The zero-order chi connectivity index (χ0) is 16.6. The van der Waals surface area contributed by atoms with Crippen LogP contribution in [-0.2, 0) is 0 Å². The number of rotatable bonds is 2. The Balaban J connectivity index is 2.09. The van der Waals surface area contributed by atoms with E-state index in [2.05, 4.69) is 10.3 Å². The fourth-order valence-corrected chi connectivity index (χ4v) is 2.35. The zero-order valence-electron chi connectivity index (χ0n) is 11.3. The third-order valence-corrected chi connectivity index (χ3v) is 3.61. The van der Waals surface area contributed by atoms with Crippen LogP contribution in [0.3, 0.4) is 0 Å². The molecule has 0 radical (unpaired) electrons. The van der Waals surface area contributed by atoms with Gasteiger partial charge >= 0.3 is 5.63 Å². The lowest BCUT2D eigenvalue weighted by Crippen LogP contribution is -2.21. The second kappa shape index (κ2) is 5.91. The van der Waals surface area contributed by atoms with Gasteiger partial charge in [-0.25, -0.2) is 9.78 Å². The number of benzene rings is 1. The van der Waals surface area contributed by atoms with E-state index in [0.717, 1.165) is 0 Å². The number of carbonyl (C=O) groups excluding carboxylic acids is 1. The summed E-state index contributed by atoms with van der Waals surface area (Å²) in [4.78, 5) is 28.1. The van der Waals surface area contributed by atoms with Gasteiger partial charge in [0.2, 0.25) is 0 Å². The number of fused-ring (bicyclic) bond motifs is 1. The average Bonchev–Trinajstić information content (AvgIpc) is 2.49. The molecule has 3 rings (SSSR count). The van der Waals surface area contributed by atoms with Crippen LogP contribution in [-0.4, -0.2) is 16.0 Å². The van der Waals surface area contributed by atoms with Crippen LogP contribution in [0.15, 0.2) is 45.7 Å². The number of hydrogen-bond donors (Lipinski definition) is 2. The molecule has 2 N–H and O–H groups in total. The highest BCUT2D eigenvalue weighted by Crippen LogP contribution is 2.29. The minimum Gasteiger partial charge on any atom is -0.506 e. The number of hydrogen-bond acceptors (Lipinski definition) is 5. The Morgan fingerprint density at radius 3 is 2.78 bits per heavy atom. The molecule has 0 saturated carbocycles. The van der Waals surface area contributed by atoms with Crippen molar-refractivity contribution in [3.05, 3.63) is 62.7 Å². The molecule has 0 saturated heterocycles. The summed E-state index contributed by atoms with van der Waals surface area (Å²) in [6.07, 6.45) is 1.45. The number of aromatic nitrogens is 1. The van der Waals surface area contributed by atoms with Crippen LogP contribution in [0.5, 0.6) is 5.75 Å². The Kier molecular flexibility index (Phi) is 3.94. The summed E-state index contributed by atoms with van der Waals surface area (Å²) >= 11 is 11.6. The molecule has 23 heavy (non-hydrogen) atoms. The van der Waals surface area contributed by atoms with Gasteiger partial charge in [-0.15, -0.1) is 0 Å². The van der Waals surface area contributed by atoms with Gasteiger partial charge in [0.15, 0.2) is 10.7 Å². The maximum atomic E-state index is 12.3. The average molecular weight is 351 g/mol. The first kappa shape index (κ1) is 15.3. The first-order valence-electron chi connectivity index (χ1n) is 6.34. The molecule has 3 aromatic rings. The van der Waals surface area contributed by atoms with Crippen molar-refractivity contribution in [1.29, 1.82) is 0 Å². The Morgan fingerprint density at radius 1 is 1.26 bits per heavy atom. The summed E-state index contributed by atoms with van der Waals surface area (Å²) in [7, 11) is 0. The molecule has 0 fully saturated rings. The van der Waals surface area contributed by atoms with Crippen LogP contribution < -0.4 is 10.9 Å². The third kappa shape index (κ3) is 2.86. The van der Waals surface area contributed by atoms with Gasteiger partial charge in [0.05, 0.1) is 11.1 Å². The maximum absolute atomic E-state index is 12.3. The number of aromatic hydroxyl groups is 1. The van der Waals surface area contributed by atoms with E-state index < -0.39 is 22.8 Å². The Labute approximate surface area is 139 Å². The molecule has 0 aliphatic heterocycles. The fraction of sp³-hybridized carbons (Fsp3) is 0. The van der Waals surface area contributed by atoms with Gasteiger partial charge in [0.25, 0.3) is 5.91 Å². The number of amides is 1. The highest BCUT2D eigenvalue weighted by Gasteiger charge is 2.22. The highest BCUT2D eigenvalue weighted by molar-refractivity contribution is 6.32. The molecule has 2 aromatic heterocycles. The van der Waals surface area contributed by atoms with Gasteiger partial charge in [-0.2, -0.15) is 0 Å². The van der Waals surface area contributed by atoms with E-state index in [1.54, 1.807) is 6.07 Å². The lowest BCUT2D eigenvalue weighted by molar-refractivity contribution is 0.102. The van der Waals surface area contributed by atoms with Gasteiger partial charge in [-0.1, -0.05) is 23.2 Å². The van der Waals surface area contributed by atoms with E-state index >= 15 is 0 Å². The topological polar surface area (TPSA) is 92.4 Å². The van der Waals surface area contributed by atoms with Crippen molar-refractivity contribution >= 4 is 45.8 Å². The Hall–Kier alpha value is -2.57. The molecule has 1 aromatic carbocycles. The van der Waals surface area contributed by atoms with Gasteiger partial charge in [-0.05, 0) is 24.3 Å². The van der Waals surface area contributed by atoms with E-state index in [1.165, 1.54) is 30.5 Å². The van der Waals surface area contributed by atoms with Crippen molar-refractivity contribution < 1.29 is 14.3 Å². The maximum Gasteiger partial charge on any atom is 0.353 e. The second-order valence-electron chi connectivity index (χ2n) is 4.55. The number of carbonyl (C=O) groups is 1. The number of halogens is 2. The van der Waals surface area contributed by atoms with Crippen LogP contribution in [0.1, 0.15) is 10.4 Å². The van der Waals surface area contributed by atoms with Gasteiger partial charge < -0.3 is 14.8 Å². The molecular formula is C15H8Cl2N2O4. The second-order valence-corrected chi connectivity index (χ2v) is 5.34. The molecule has 6 nitrogen and oxygen atoms in total. The molecule has 8 heteroatoms. The number of pyridine rings is 1. The van der Waals surface area contributed by atoms with Crippen molar-refractivity contribution in [1.82, 2.24) is 4.98 Å². The van der Waals surface area contributed by atoms with E-state index in [1.807, 2.05) is 0 Å². The third-order valence-electron chi connectivity index (χ3n) is 3.08. The Morgan fingerprint density at radius 2 is 2.04 bits per heavy atom. The van der Waals surface area contributed by atoms with E-state index in [4.69, 9.17) is 27.6 Å². The normalized spacial score (nSPS) is 10.7. The SMILES string of the molecule is O=C(Nc1cccnc1Cl)c1c(O)c2ccc(Cl)cc2oc1=O. The van der Waals surface area contributed by atoms with E-state index in [-0.39, 0.29) is 21.8 Å². The lowest BCUT2D eigenvalue weighted by Gasteiger charge is -2.08. The molecular weight excluding hydrogens is 343 g/mol. The zero-order valence-corrected chi connectivity index (χ0v) is 12.9. The smallest absolute Gasteiger partial charge is 0.353 e. The first-order chi connectivity index (χ1) is 11.0. The predicted molar refractivity (Wildman–Crippen MR) is 86.4 cm³/mol. The largest absolute Gasteiger partial charge is 0.506 e. The van der Waals surface area contributed by atoms with Crippen LogP contribution in [0, 0.1) is 0 Å². The molecule has 2 heterocycles. The van der Waals surface area contributed by atoms with Crippen LogP contribution >= 0.6 is 23.2 Å². The minimum atomic E-state index is -0.991. The standard InChI is InChI=1S/C15H8Cl2N2O4/c16-7-3-4-8-10(6-7)23-15(22)11(12(8)20)14(21)19-9-2-1-5-18-13(9)17/h1-6,20H,(H,19,21). The summed E-state index contributed by atoms with van der Waals surface area (Å²) in [6.45, 7) is 0. The van der Waals surface area contributed by atoms with E-state index in [9.17, 15) is 14.7 Å². The summed E-state index contributed by atoms with van der Waals surface area (Å²) < 4.78 is 5.03. The van der Waals surface area contributed by atoms with Crippen LogP contribution in [0.25, 0.3) is 11.0 Å². The molecule has 0 aliphatic carbocycles. The predicted octanol–water partition coefficient (Wildman–Crippen LogP) is 3.45. The first-order valence-corrected chi connectivity index (χ1v) is 7.10. The molecule has 0 atom stereocenters. The molecule has 116 valence electrons.